The number of rotatable bonds is 9. The van der Waals surface area contributed by atoms with Gasteiger partial charge in [-0.05, 0) is 25.0 Å². The van der Waals surface area contributed by atoms with Gasteiger partial charge in [-0.15, -0.1) is 0 Å². The van der Waals surface area contributed by atoms with Crippen molar-refractivity contribution in [2.45, 2.75) is 18.9 Å². The van der Waals surface area contributed by atoms with Crippen LogP contribution in [0.3, 0.4) is 0 Å². The van der Waals surface area contributed by atoms with Gasteiger partial charge in [-0.25, -0.2) is 0 Å². The molecule has 1 unspecified atom stereocenters. The van der Waals surface area contributed by atoms with Crippen LogP contribution in [-0.2, 0) is 24.0 Å². The molecule has 0 radical (unpaired) electrons. The molecule has 0 saturated carbocycles. The Morgan fingerprint density at radius 1 is 0.971 bits per heavy atom. The monoisotopic (exact) mass is 468 g/mol. The Kier molecular flexibility index (Phi) is 7.85. The zero-order valence-electron chi connectivity index (χ0n) is 18.2. The Balaban J connectivity index is 1.54. The van der Waals surface area contributed by atoms with Crippen LogP contribution in [0.1, 0.15) is 23.2 Å². The average molecular weight is 468 g/mol. The number of Topliss-reactive ketones (excluding diaryl/α,β-unsaturated/α-hetero) is 1. The third kappa shape index (κ3) is 5.91. The minimum Gasteiger partial charge on any atom is -0.368 e. The lowest BCUT2D eigenvalue weighted by molar-refractivity contribution is -0.144. The first-order chi connectivity index (χ1) is 16.3. The number of likely N-dealkylation sites (tertiary alicyclic amines) is 1. The van der Waals surface area contributed by atoms with Crippen molar-refractivity contribution in [3.63, 3.8) is 0 Å². The molecule has 5 amide bonds. The molecule has 1 atom stereocenters. The molecule has 1 aromatic heterocycles. The highest BCUT2D eigenvalue weighted by Crippen LogP contribution is 2.19. The van der Waals surface area contributed by atoms with E-state index in [2.05, 4.69) is 20.9 Å². The predicted molar refractivity (Wildman–Crippen MR) is 119 cm³/mol. The van der Waals surface area contributed by atoms with Crippen molar-refractivity contribution in [3.05, 3.63) is 42.1 Å². The number of amides is 5. The Hall–Kier alpha value is -4.35. The number of para-hydroxylation sites is 1. The van der Waals surface area contributed by atoms with Crippen LogP contribution in [-0.4, -0.2) is 77.4 Å². The second-order valence-corrected chi connectivity index (χ2v) is 7.59. The maximum absolute atomic E-state index is 12.7. The number of aromatic nitrogens is 1. The first-order valence-electron chi connectivity index (χ1n) is 10.6. The molecular weight excluding hydrogens is 444 g/mol. The molecule has 2 heterocycles. The number of carbonyl (C=O) groups excluding carboxylic acids is 6. The Bertz CT molecular complexity index is 1140. The maximum atomic E-state index is 12.7. The number of nitrogens with two attached hydrogens (primary N) is 1. The Morgan fingerprint density at radius 3 is 2.50 bits per heavy atom. The number of nitrogens with one attached hydrogen (secondary N) is 3. The fourth-order valence-electron chi connectivity index (χ4n) is 3.63. The van der Waals surface area contributed by atoms with Crippen LogP contribution in [0.4, 0.5) is 0 Å². The summed E-state index contributed by atoms with van der Waals surface area (Å²) in [6.07, 6.45) is 2.30. The number of primary amides is 1. The fourth-order valence-corrected chi connectivity index (χ4v) is 3.63. The largest absolute Gasteiger partial charge is 0.368 e. The van der Waals surface area contributed by atoms with E-state index >= 15 is 0 Å². The molecule has 0 spiro atoms. The molecule has 12 nitrogen and oxygen atoms in total. The molecule has 0 aliphatic carbocycles. The average Bonchev–Trinajstić information content (AvgIpc) is 3.33. The summed E-state index contributed by atoms with van der Waals surface area (Å²) in [6.45, 7) is -1.00. The topological polar surface area (TPSA) is 181 Å². The first kappa shape index (κ1) is 24.3. The van der Waals surface area contributed by atoms with Gasteiger partial charge >= 0.3 is 0 Å². The third-order valence-corrected chi connectivity index (χ3v) is 5.26. The highest BCUT2D eigenvalue weighted by atomic mass is 16.2. The van der Waals surface area contributed by atoms with Gasteiger partial charge in [0.1, 0.15) is 6.04 Å². The molecule has 1 aliphatic heterocycles. The van der Waals surface area contributed by atoms with Crippen LogP contribution in [0, 0.1) is 0 Å². The van der Waals surface area contributed by atoms with Crippen LogP contribution >= 0.6 is 0 Å². The minimum atomic E-state index is -1.02. The fraction of sp³-hybridized carbons (Fsp3) is 0.318. The first-order valence-corrected chi connectivity index (χ1v) is 10.6. The van der Waals surface area contributed by atoms with Gasteiger partial charge in [0, 0.05) is 18.1 Å². The van der Waals surface area contributed by atoms with Crippen molar-refractivity contribution < 1.29 is 28.8 Å². The zero-order chi connectivity index (χ0) is 24.7. The standard InChI is InChI=1S/C22H24N6O6/c23-17(29)10-25-18(30)11-26-22(34)20(32)16-6-3-9-28(16)19(31)12-27-21(33)14-7-8-24-15-5-2-1-4-13(14)15/h1-2,4-5,7-8,16H,3,6,9-12H2,(H2,23,29)(H,25,30)(H,26,34)(H,27,33). The van der Waals surface area contributed by atoms with Crippen molar-refractivity contribution in [2.75, 3.05) is 26.2 Å². The maximum Gasteiger partial charge on any atom is 0.290 e. The van der Waals surface area contributed by atoms with Gasteiger partial charge in [0.15, 0.2) is 0 Å². The normalized spacial score (nSPS) is 14.9. The van der Waals surface area contributed by atoms with Gasteiger partial charge in [0.05, 0.1) is 30.7 Å². The van der Waals surface area contributed by atoms with Crippen molar-refractivity contribution in [2.24, 2.45) is 5.73 Å². The highest BCUT2D eigenvalue weighted by molar-refractivity contribution is 6.38. The summed E-state index contributed by atoms with van der Waals surface area (Å²) in [6, 6.07) is 7.66. The lowest BCUT2D eigenvalue weighted by Gasteiger charge is -2.23. The van der Waals surface area contributed by atoms with Crippen molar-refractivity contribution in [1.29, 1.82) is 0 Å². The zero-order valence-corrected chi connectivity index (χ0v) is 18.2. The van der Waals surface area contributed by atoms with E-state index in [1.54, 1.807) is 30.3 Å². The molecule has 178 valence electrons. The summed E-state index contributed by atoms with van der Waals surface area (Å²) in [4.78, 5) is 77.7. The van der Waals surface area contributed by atoms with E-state index in [1.807, 2.05) is 0 Å². The van der Waals surface area contributed by atoms with Crippen LogP contribution in [0.15, 0.2) is 36.5 Å². The molecule has 3 rings (SSSR count). The summed E-state index contributed by atoms with van der Waals surface area (Å²) in [5, 5.41) is 7.54. The van der Waals surface area contributed by atoms with E-state index in [0.717, 1.165) is 0 Å². The van der Waals surface area contributed by atoms with E-state index < -0.39 is 54.5 Å². The molecule has 34 heavy (non-hydrogen) atoms. The summed E-state index contributed by atoms with van der Waals surface area (Å²) >= 11 is 0. The third-order valence-electron chi connectivity index (χ3n) is 5.26. The minimum absolute atomic E-state index is 0.260. The second-order valence-electron chi connectivity index (χ2n) is 7.59. The molecule has 1 aromatic carbocycles. The van der Waals surface area contributed by atoms with E-state index in [9.17, 15) is 28.8 Å². The van der Waals surface area contributed by atoms with Gasteiger partial charge < -0.3 is 26.6 Å². The van der Waals surface area contributed by atoms with E-state index in [4.69, 9.17) is 5.73 Å². The number of ketones is 1. The molecule has 0 bridgehead atoms. The van der Waals surface area contributed by atoms with Crippen molar-refractivity contribution in [3.8, 4) is 0 Å². The van der Waals surface area contributed by atoms with Gasteiger partial charge in [0.25, 0.3) is 11.8 Å². The van der Waals surface area contributed by atoms with Crippen LogP contribution in [0.25, 0.3) is 10.9 Å². The number of nitrogens with zero attached hydrogens (tertiary/aromatic N) is 2. The quantitative estimate of drug-likeness (QED) is 0.315. The number of fused-ring (bicyclic) bond motifs is 1. The predicted octanol–water partition coefficient (Wildman–Crippen LogP) is -1.76. The van der Waals surface area contributed by atoms with Gasteiger partial charge in [-0.3, -0.25) is 33.8 Å². The highest BCUT2D eigenvalue weighted by Gasteiger charge is 2.37. The summed E-state index contributed by atoms with van der Waals surface area (Å²) in [5.41, 5.74) is 5.91. The smallest absolute Gasteiger partial charge is 0.290 e. The molecule has 5 N–H and O–H groups in total. The van der Waals surface area contributed by atoms with E-state index in [0.29, 0.717) is 22.9 Å². The number of benzene rings is 1. The Morgan fingerprint density at radius 2 is 1.74 bits per heavy atom. The number of hydrogen-bond donors (Lipinski definition) is 4. The van der Waals surface area contributed by atoms with Crippen LogP contribution in [0.5, 0.6) is 0 Å². The van der Waals surface area contributed by atoms with Crippen LogP contribution < -0.4 is 21.7 Å². The molecule has 12 heteroatoms. The van der Waals surface area contributed by atoms with Crippen molar-refractivity contribution in [1.82, 2.24) is 25.8 Å². The van der Waals surface area contributed by atoms with Gasteiger partial charge in [0.2, 0.25) is 23.5 Å². The summed E-state index contributed by atoms with van der Waals surface area (Å²) in [7, 11) is 0. The van der Waals surface area contributed by atoms with E-state index in [1.165, 1.54) is 11.1 Å². The number of hydrogen-bond acceptors (Lipinski definition) is 7. The van der Waals surface area contributed by atoms with Crippen LogP contribution in [0.2, 0.25) is 0 Å². The second kappa shape index (κ2) is 11.0. The van der Waals surface area contributed by atoms with Crippen molar-refractivity contribution >= 4 is 46.2 Å². The molecule has 1 fully saturated rings. The molecule has 2 aromatic rings. The number of carbonyl (C=O) groups is 6. The number of pyridine rings is 1. The SMILES string of the molecule is NC(=O)CNC(=O)CNC(=O)C(=O)C1CCCN1C(=O)CNC(=O)c1ccnc2ccccc12. The Labute approximate surface area is 194 Å². The molecule has 1 saturated heterocycles. The lowest BCUT2D eigenvalue weighted by atomic mass is 10.1. The molecular formula is C22H24N6O6. The van der Waals surface area contributed by atoms with E-state index in [-0.39, 0.29) is 19.5 Å². The van der Waals surface area contributed by atoms with Gasteiger partial charge in [-0.2, -0.15) is 0 Å². The lowest BCUT2D eigenvalue weighted by Crippen LogP contribution is -2.50. The molecule has 1 aliphatic rings. The van der Waals surface area contributed by atoms with Gasteiger partial charge in [-0.1, -0.05) is 18.2 Å². The summed E-state index contributed by atoms with van der Waals surface area (Å²) in [5.74, 6) is -4.29. The summed E-state index contributed by atoms with van der Waals surface area (Å²) < 4.78 is 0.